The zero-order valence-electron chi connectivity index (χ0n) is 8.65. The Bertz CT molecular complexity index is 590. The summed E-state index contributed by atoms with van der Waals surface area (Å²) in [6.45, 7) is 0. The van der Waals surface area contributed by atoms with E-state index >= 15 is 0 Å². The molecule has 4 heteroatoms. The average Bonchev–Trinajstić information content (AvgIpc) is 2.32. The number of benzene rings is 2. The van der Waals surface area contributed by atoms with E-state index in [4.69, 9.17) is 33.2 Å². The van der Waals surface area contributed by atoms with E-state index in [1.54, 1.807) is 42.5 Å². The first-order valence-corrected chi connectivity index (χ1v) is 5.58. The van der Waals surface area contributed by atoms with Gasteiger partial charge in [0.1, 0.15) is 11.5 Å². The highest BCUT2D eigenvalue weighted by Gasteiger charge is 2.04. The molecule has 2 rings (SSSR count). The van der Waals surface area contributed by atoms with E-state index in [0.717, 1.165) is 0 Å². The summed E-state index contributed by atoms with van der Waals surface area (Å²) in [7, 11) is 0. The fraction of sp³-hybridized carbons (Fsp3) is 0. The molecule has 0 heterocycles. The lowest BCUT2D eigenvalue weighted by Crippen LogP contribution is -1.86. The molecule has 0 aromatic heterocycles. The summed E-state index contributed by atoms with van der Waals surface area (Å²) in [5.74, 6) is 1.09. The van der Waals surface area contributed by atoms with Gasteiger partial charge in [0.15, 0.2) is 0 Å². The lowest BCUT2D eigenvalue weighted by molar-refractivity contribution is 0.483. The molecule has 2 aromatic rings. The van der Waals surface area contributed by atoms with Crippen LogP contribution in [-0.2, 0) is 0 Å². The quantitative estimate of drug-likeness (QED) is 0.790. The summed E-state index contributed by atoms with van der Waals surface area (Å²) >= 11 is 11.8. The molecule has 84 valence electrons. The number of hydrogen-bond acceptors (Lipinski definition) is 2. The highest BCUT2D eigenvalue weighted by Crippen LogP contribution is 2.30. The molecule has 0 saturated carbocycles. The largest absolute Gasteiger partial charge is 0.456 e. The monoisotopic (exact) mass is 263 g/mol. The average molecular weight is 264 g/mol. The molecular weight excluding hydrogens is 257 g/mol. The lowest BCUT2D eigenvalue weighted by atomic mass is 10.2. The van der Waals surface area contributed by atoms with Gasteiger partial charge in [0, 0.05) is 5.02 Å². The molecule has 0 aliphatic heterocycles. The third-order valence-electron chi connectivity index (χ3n) is 2.08. The summed E-state index contributed by atoms with van der Waals surface area (Å²) in [6.07, 6.45) is 0. The molecule has 0 spiro atoms. The van der Waals surface area contributed by atoms with Crippen LogP contribution in [0.1, 0.15) is 5.56 Å². The molecule has 0 fully saturated rings. The second kappa shape index (κ2) is 5.09. The van der Waals surface area contributed by atoms with Crippen LogP contribution in [0.2, 0.25) is 10.0 Å². The molecule has 0 bridgehead atoms. The summed E-state index contributed by atoms with van der Waals surface area (Å²) < 4.78 is 5.56. The third-order valence-corrected chi connectivity index (χ3v) is 2.62. The minimum Gasteiger partial charge on any atom is -0.456 e. The van der Waals surface area contributed by atoms with Gasteiger partial charge in [-0.25, -0.2) is 0 Å². The van der Waals surface area contributed by atoms with E-state index in [-0.39, 0.29) is 0 Å². The zero-order chi connectivity index (χ0) is 12.3. The lowest BCUT2D eigenvalue weighted by Gasteiger charge is -2.07. The Kier molecular flexibility index (Phi) is 3.53. The first-order chi connectivity index (χ1) is 8.19. The molecule has 0 atom stereocenters. The Hall–Kier alpha value is -1.69. The standard InChI is InChI=1S/C13H7Cl2NO/c14-10-2-1-3-11(7-10)17-13-5-4-9(8-16)6-12(13)15/h1-7H. The summed E-state index contributed by atoms with van der Waals surface area (Å²) in [5.41, 5.74) is 0.494. The van der Waals surface area contributed by atoms with Crippen molar-refractivity contribution in [3.05, 3.63) is 58.1 Å². The van der Waals surface area contributed by atoms with E-state index < -0.39 is 0 Å². The van der Waals surface area contributed by atoms with Crippen molar-refractivity contribution in [2.75, 3.05) is 0 Å². The summed E-state index contributed by atoms with van der Waals surface area (Å²) in [6, 6.07) is 13.9. The van der Waals surface area contributed by atoms with Crippen LogP contribution in [0.15, 0.2) is 42.5 Å². The number of nitriles is 1. The minimum absolute atomic E-state index is 0.393. The van der Waals surface area contributed by atoms with Gasteiger partial charge in [0.2, 0.25) is 0 Å². The van der Waals surface area contributed by atoms with Crippen molar-refractivity contribution >= 4 is 23.2 Å². The number of ether oxygens (including phenoxy) is 1. The minimum atomic E-state index is 0.393. The molecular formula is C13H7Cl2NO. The Balaban J connectivity index is 2.28. The molecule has 2 aromatic carbocycles. The fourth-order valence-electron chi connectivity index (χ4n) is 1.31. The van der Waals surface area contributed by atoms with Crippen molar-refractivity contribution < 1.29 is 4.74 Å². The van der Waals surface area contributed by atoms with E-state index in [9.17, 15) is 0 Å². The van der Waals surface area contributed by atoms with E-state index in [1.807, 2.05) is 6.07 Å². The Morgan fingerprint density at radius 2 is 1.88 bits per heavy atom. The van der Waals surface area contributed by atoms with E-state index in [0.29, 0.717) is 27.1 Å². The Morgan fingerprint density at radius 1 is 1.06 bits per heavy atom. The van der Waals surface area contributed by atoms with Crippen LogP contribution in [0.5, 0.6) is 11.5 Å². The maximum atomic E-state index is 8.71. The highest BCUT2D eigenvalue weighted by atomic mass is 35.5. The van der Waals surface area contributed by atoms with Crippen molar-refractivity contribution in [3.8, 4) is 17.6 Å². The predicted molar refractivity (Wildman–Crippen MR) is 67.7 cm³/mol. The maximum absolute atomic E-state index is 8.71. The molecule has 0 amide bonds. The van der Waals surface area contributed by atoms with Crippen LogP contribution in [0, 0.1) is 11.3 Å². The number of nitrogens with zero attached hydrogens (tertiary/aromatic N) is 1. The first-order valence-electron chi connectivity index (χ1n) is 4.82. The Labute approximate surface area is 109 Å². The molecule has 0 aliphatic rings. The van der Waals surface area contributed by atoms with Crippen LogP contribution in [0.4, 0.5) is 0 Å². The van der Waals surface area contributed by atoms with Crippen molar-refractivity contribution in [1.82, 2.24) is 0 Å². The van der Waals surface area contributed by atoms with Crippen molar-refractivity contribution in [3.63, 3.8) is 0 Å². The van der Waals surface area contributed by atoms with Crippen LogP contribution >= 0.6 is 23.2 Å². The van der Waals surface area contributed by atoms with Gasteiger partial charge in [-0.3, -0.25) is 0 Å². The van der Waals surface area contributed by atoms with Crippen LogP contribution in [0.3, 0.4) is 0 Å². The number of hydrogen-bond donors (Lipinski definition) is 0. The predicted octanol–water partition coefficient (Wildman–Crippen LogP) is 4.66. The van der Waals surface area contributed by atoms with E-state index in [2.05, 4.69) is 0 Å². The summed E-state index contributed by atoms with van der Waals surface area (Å²) in [4.78, 5) is 0. The number of halogens is 2. The third kappa shape index (κ3) is 2.91. The molecule has 0 unspecified atom stereocenters. The van der Waals surface area contributed by atoms with Crippen LogP contribution in [0.25, 0.3) is 0 Å². The van der Waals surface area contributed by atoms with Gasteiger partial charge in [-0.1, -0.05) is 29.3 Å². The van der Waals surface area contributed by atoms with Crippen LogP contribution in [-0.4, -0.2) is 0 Å². The van der Waals surface area contributed by atoms with E-state index in [1.165, 1.54) is 0 Å². The molecule has 2 nitrogen and oxygen atoms in total. The molecule has 0 N–H and O–H groups in total. The van der Waals surface area contributed by atoms with Crippen molar-refractivity contribution in [2.24, 2.45) is 0 Å². The first kappa shape index (κ1) is 11.8. The molecule has 0 saturated heterocycles. The van der Waals surface area contributed by atoms with Gasteiger partial charge in [0.05, 0.1) is 16.7 Å². The van der Waals surface area contributed by atoms with Crippen LogP contribution < -0.4 is 4.74 Å². The van der Waals surface area contributed by atoms with Crippen molar-refractivity contribution in [2.45, 2.75) is 0 Å². The topological polar surface area (TPSA) is 33.0 Å². The number of rotatable bonds is 2. The second-order valence-corrected chi connectivity index (χ2v) is 4.16. The SMILES string of the molecule is N#Cc1ccc(Oc2cccc(Cl)c2)c(Cl)c1. The second-order valence-electron chi connectivity index (χ2n) is 3.32. The van der Waals surface area contributed by atoms with Gasteiger partial charge in [0.25, 0.3) is 0 Å². The fourth-order valence-corrected chi connectivity index (χ4v) is 1.71. The van der Waals surface area contributed by atoms with Gasteiger partial charge in [-0.2, -0.15) is 5.26 Å². The highest BCUT2D eigenvalue weighted by molar-refractivity contribution is 6.32. The Morgan fingerprint density at radius 3 is 2.53 bits per heavy atom. The van der Waals surface area contributed by atoms with Gasteiger partial charge in [-0.15, -0.1) is 0 Å². The summed E-state index contributed by atoms with van der Waals surface area (Å²) in [5, 5.41) is 9.69. The zero-order valence-corrected chi connectivity index (χ0v) is 10.2. The smallest absolute Gasteiger partial charge is 0.146 e. The van der Waals surface area contributed by atoms with Gasteiger partial charge in [-0.05, 0) is 36.4 Å². The van der Waals surface area contributed by atoms with Crippen molar-refractivity contribution in [1.29, 1.82) is 5.26 Å². The molecule has 17 heavy (non-hydrogen) atoms. The molecule has 0 aliphatic carbocycles. The van der Waals surface area contributed by atoms with Gasteiger partial charge < -0.3 is 4.74 Å². The molecule has 0 radical (unpaired) electrons. The normalized spacial score (nSPS) is 9.71. The van der Waals surface area contributed by atoms with Gasteiger partial charge >= 0.3 is 0 Å². The maximum Gasteiger partial charge on any atom is 0.146 e.